The fraction of sp³-hybridized carbons (Fsp3) is 0.320. The molecule has 0 amide bonds. The molecule has 2 aromatic rings. The summed E-state index contributed by atoms with van der Waals surface area (Å²) in [7, 11) is 0. The molecule has 2 aromatic carbocycles. The van der Waals surface area contributed by atoms with Crippen LogP contribution in [0.4, 0.5) is 0 Å². The molecule has 1 atom stereocenters. The molecule has 3 N–H and O–H groups in total. The lowest BCUT2D eigenvalue weighted by Crippen LogP contribution is -2.20. The van der Waals surface area contributed by atoms with Gasteiger partial charge in [0.25, 0.3) is 0 Å². The van der Waals surface area contributed by atoms with E-state index in [0.717, 1.165) is 24.0 Å². The maximum atomic E-state index is 12.8. The minimum atomic E-state index is -0.535. The van der Waals surface area contributed by atoms with Crippen LogP contribution in [0.2, 0.25) is 0 Å². The maximum Gasteiger partial charge on any atom is 0.174 e. The highest BCUT2D eigenvalue weighted by Crippen LogP contribution is 2.44. The van der Waals surface area contributed by atoms with Crippen molar-refractivity contribution in [1.82, 2.24) is 0 Å². The van der Waals surface area contributed by atoms with E-state index in [2.05, 4.69) is 19.9 Å². The Labute approximate surface area is 177 Å². The largest absolute Gasteiger partial charge is 0.508 e. The summed E-state index contributed by atoms with van der Waals surface area (Å²) in [4.78, 5) is 12.8. The number of Topliss-reactive ketones (excluding diaryl/α,β-unsaturated/α-hetero) is 1. The Morgan fingerprint density at radius 3 is 2.47 bits per heavy atom. The highest BCUT2D eigenvalue weighted by molar-refractivity contribution is 6.03. The third kappa shape index (κ3) is 4.85. The number of phenolic OH excluding ortho intramolecular Hbond substituents is 3. The molecule has 3 rings (SSSR count). The first kappa shape index (κ1) is 21.5. The fourth-order valence-electron chi connectivity index (χ4n) is 3.54. The summed E-state index contributed by atoms with van der Waals surface area (Å²) < 4.78 is 5.90. The molecular formula is C25H28O5. The number of aromatic hydroxyl groups is 3. The average molecular weight is 408 g/mol. The predicted molar refractivity (Wildman–Crippen MR) is 116 cm³/mol. The zero-order valence-electron chi connectivity index (χ0n) is 17.6. The average Bonchev–Trinajstić information content (AvgIpc) is 2.67. The van der Waals surface area contributed by atoms with Gasteiger partial charge in [0, 0.05) is 11.6 Å². The summed E-state index contributed by atoms with van der Waals surface area (Å²) >= 11 is 0. The molecule has 5 heteroatoms. The van der Waals surface area contributed by atoms with Crippen molar-refractivity contribution in [2.24, 2.45) is 0 Å². The van der Waals surface area contributed by atoms with Crippen LogP contribution in [0.5, 0.6) is 23.0 Å². The second-order valence-corrected chi connectivity index (χ2v) is 8.00. The molecule has 0 fully saturated rings. The first-order valence-corrected chi connectivity index (χ1v) is 10.1. The minimum absolute atomic E-state index is 0.0765. The van der Waals surface area contributed by atoms with Gasteiger partial charge in [0.05, 0.1) is 6.42 Å². The Bertz CT molecular complexity index is 995. The van der Waals surface area contributed by atoms with Gasteiger partial charge >= 0.3 is 0 Å². The third-order valence-electron chi connectivity index (χ3n) is 5.28. The zero-order valence-corrected chi connectivity index (χ0v) is 17.6. The van der Waals surface area contributed by atoms with Crippen molar-refractivity contribution >= 4 is 5.78 Å². The lowest BCUT2D eigenvalue weighted by atomic mass is 9.92. The molecule has 0 saturated carbocycles. The smallest absolute Gasteiger partial charge is 0.174 e. The number of benzene rings is 2. The molecule has 0 bridgehead atoms. The molecule has 30 heavy (non-hydrogen) atoms. The SMILES string of the molecule is CC(C)=CCC/C(C)=C\Cc1c(O)cc2c(c1O)C(=O)C[C@@H](c1ccc(O)cc1)O2. The fourth-order valence-corrected chi connectivity index (χ4v) is 3.54. The molecule has 158 valence electrons. The van der Waals surface area contributed by atoms with Crippen LogP contribution in [0.15, 0.2) is 53.6 Å². The molecular weight excluding hydrogens is 380 g/mol. The molecule has 0 spiro atoms. The zero-order chi connectivity index (χ0) is 21.8. The van der Waals surface area contributed by atoms with E-state index in [-0.39, 0.29) is 40.8 Å². The molecule has 0 saturated heterocycles. The van der Waals surface area contributed by atoms with Crippen LogP contribution in [-0.4, -0.2) is 21.1 Å². The van der Waals surface area contributed by atoms with Gasteiger partial charge in [0.1, 0.15) is 34.7 Å². The Morgan fingerprint density at radius 1 is 1.10 bits per heavy atom. The molecule has 0 radical (unpaired) electrons. The summed E-state index contributed by atoms with van der Waals surface area (Å²) in [6.45, 7) is 6.14. The van der Waals surface area contributed by atoms with Gasteiger partial charge in [-0.2, -0.15) is 0 Å². The van der Waals surface area contributed by atoms with Gasteiger partial charge in [0.2, 0.25) is 0 Å². The van der Waals surface area contributed by atoms with Crippen LogP contribution in [-0.2, 0) is 6.42 Å². The van der Waals surface area contributed by atoms with Gasteiger partial charge in [-0.25, -0.2) is 0 Å². The summed E-state index contributed by atoms with van der Waals surface area (Å²) in [5.41, 5.74) is 3.62. The topological polar surface area (TPSA) is 87.0 Å². The van der Waals surface area contributed by atoms with Crippen molar-refractivity contribution < 1.29 is 24.9 Å². The van der Waals surface area contributed by atoms with E-state index in [1.54, 1.807) is 12.1 Å². The summed E-state index contributed by atoms with van der Waals surface area (Å²) in [6, 6.07) is 7.84. The van der Waals surface area contributed by atoms with Gasteiger partial charge in [-0.3, -0.25) is 4.79 Å². The van der Waals surface area contributed by atoms with Crippen molar-refractivity contribution in [3.05, 3.63) is 70.3 Å². The van der Waals surface area contributed by atoms with E-state index in [4.69, 9.17) is 4.74 Å². The number of carbonyl (C=O) groups excluding carboxylic acids is 1. The Hall–Kier alpha value is -3.21. The monoisotopic (exact) mass is 408 g/mol. The van der Waals surface area contributed by atoms with Gasteiger partial charge in [-0.1, -0.05) is 35.4 Å². The lowest BCUT2D eigenvalue weighted by molar-refractivity contribution is 0.0844. The van der Waals surface area contributed by atoms with Crippen molar-refractivity contribution in [2.45, 2.75) is 52.6 Å². The van der Waals surface area contributed by atoms with Crippen LogP contribution < -0.4 is 4.74 Å². The van der Waals surface area contributed by atoms with Gasteiger partial charge in [0.15, 0.2) is 5.78 Å². The maximum absolute atomic E-state index is 12.8. The van der Waals surface area contributed by atoms with E-state index >= 15 is 0 Å². The quantitative estimate of drug-likeness (QED) is 0.530. The van der Waals surface area contributed by atoms with Crippen LogP contribution in [0.3, 0.4) is 0 Å². The van der Waals surface area contributed by atoms with Crippen LogP contribution in [0, 0.1) is 0 Å². The summed E-state index contributed by atoms with van der Waals surface area (Å²) in [6.07, 6.45) is 5.85. The number of hydrogen-bond acceptors (Lipinski definition) is 5. The molecule has 1 aliphatic rings. The minimum Gasteiger partial charge on any atom is -0.508 e. The van der Waals surface area contributed by atoms with E-state index in [0.29, 0.717) is 12.0 Å². The number of fused-ring (bicyclic) bond motifs is 1. The lowest BCUT2D eigenvalue weighted by Gasteiger charge is -2.27. The van der Waals surface area contributed by atoms with E-state index in [1.807, 2.05) is 13.0 Å². The van der Waals surface area contributed by atoms with E-state index in [1.165, 1.54) is 23.8 Å². The normalized spacial score (nSPS) is 16.0. The van der Waals surface area contributed by atoms with Crippen molar-refractivity contribution in [2.75, 3.05) is 0 Å². The Balaban J connectivity index is 1.82. The first-order chi connectivity index (χ1) is 14.3. The number of phenols is 3. The van der Waals surface area contributed by atoms with Crippen LogP contribution in [0.25, 0.3) is 0 Å². The molecule has 0 aromatic heterocycles. The van der Waals surface area contributed by atoms with Crippen molar-refractivity contribution in [3.8, 4) is 23.0 Å². The third-order valence-corrected chi connectivity index (χ3v) is 5.28. The number of hydrogen-bond donors (Lipinski definition) is 3. The summed E-state index contributed by atoms with van der Waals surface area (Å²) in [5.74, 6) is -0.249. The molecule has 0 unspecified atom stereocenters. The molecule has 1 heterocycles. The highest BCUT2D eigenvalue weighted by atomic mass is 16.5. The standard InChI is InChI=1S/C25H28O5/c1-15(2)5-4-6-16(3)7-12-19-20(27)13-23-24(25(19)29)21(28)14-22(30-23)17-8-10-18(26)11-9-17/h5,7-11,13,22,26-27,29H,4,6,12,14H2,1-3H3/b16-7-/t22-/m0/s1. The first-order valence-electron chi connectivity index (χ1n) is 10.1. The van der Waals surface area contributed by atoms with Crippen LogP contribution in [0.1, 0.15) is 67.6 Å². The highest BCUT2D eigenvalue weighted by Gasteiger charge is 2.32. The second kappa shape index (κ2) is 9.08. The van der Waals surface area contributed by atoms with E-state index in [9.17, 15) is 20.1 Å². The predicted octanol–water partition coefficient (Wildman–Crippen LogP) is 5.75. The number of ketones is 1. The van der Waals surface area contributed by atoms with Crippen molar-refractivity contribution in [1.29, 1.82) is 0 Å². The van der Waals surface area contributed by atoms with Crippen molar-refractivity contribution in [3.63, 3.8) is 0 Å². The van der Waals surface area contributed by atoms with Crippen LogP contribution >= 0.6 is 0 Å². The molecule has 5 nitrogen and oxygen atoms in total. The van der Waals surface area contributed by atoms with Gasteiger partial charge < -0.3 is 20.1 Å². The number of carbonyl (C=O) groups is 1. The number of ether oxygens (including phenoxy) is 1. The molecule has 1 aliphatic heterocycles. The Morgan fingerprint density at radius 2 is 1.80 bits per heavy atom. The number of allylic oxidation sites excluding steroid dienone is 4. The number of rotatable bonds is 6. The second-order valence-electron chi connectivity index (χ2n) is 8.00. The molecule has 0 aliphatic carbocycles. The summed E-state index contributed by atoms with van der Waals surface area (Å²) in [5, 5.41) is 30.6. The van der Waals surface area contributed by atoms with Gasteiger partial charge in [-0.05, 0) is 57.7 Å². The Kier molecular flexibility index (Phi) is 6.50. The van der Waals surface area contributed by atoms with Gasteiger partial charge in [-0.15, -0.1) is 0 Å². The van der Waals surface area contributed by atoms with E-state index < -0.39 is 6.10 Å².